The van der Waals surface area contributed by atoms with Crippen molar-refractivity contribution in [3.05, 3.63) is 12.0 Å². The van der Waals surface area contributed by atoms with Crippen LogP contribution in [0.4, 0.5) is 11.4 Å². The highest BCUT2D eigenvalue weighted by Crippen LogP contribution is 2.40. The normalized spacial score (nSPS) is 18.7. The summed E-state index contributed by atoms with van der Waals surface area (Å²) in [5.74, 6) is -4.45. The molecule has 9 heteroatoms. The van der Waals surface area contributed by atoms with Crippen LogP contribution in [0, 0.1) is 0 Å². The Bertz CT molecular complexity index is 701. The van der Waals surface area contributed by atoms with Crippen LogP contribution in [0.1, 0.15) is 36.2 Å². The first-order valence-electron chi connectivity index (χ1n) is 6.48. The monoisotopic (exact) mass is 306 g/mol. The standard InChI is InChI=1S/C13H10N2O7/c16-7-1-2-8(17)14(7)6-5-22-12(13(20)21)11(6)15-9(18)3-4-10(15)19/h5H,1-4H2,(H,20,21). The first-order valence-corrected chi connectivity index (χ1v) is 6.48. The molecule has 22 heavy (non-hydrogen) atoms. The zero-order valence-electron chi connectivity index (χ0n) is 11.2. The lowest BCUT2D eigenvalue weighted by atomic mass is 10.2. The van der Waals surface area contributed by atoms with Crippen molar-refractivity contribution in [2.45, 2.75) is 25.7 Å². The SMILES string of the molecule is O=C(O)c1occ(N2C(=O)CCC2=O)c1N1C(=O)CCC1=O. The Morgan fingerprint density at radius 1 is 0.909 bits per heavy atom. The average molecular weight is 306 g/mol. The summed E-state index contributed by atoms with van der Waals surface area (Å²) < 4.78 is 4.88. The topological polar surface area (TPSA) is 125 Å². The third-order valence-electron chi connectivity index (χ3n) is 3.51. The third-order valence-corrected chi connectivity index (χ3v) is 3.51. The molecule has 3 heterocycles. The number of carbonyl (C=O) groups excluding carboxylic acids is 4. The summed E-state index contributed by atoms with van der Waals surface area (Å²) in [5, 5.41) is 9.16. The van der Waals surface area contributed by atoms with E-state index in [-0.39, 0.29) is 37.1 Å². The molecule has 0 bridgehead atoms. The molecule has 4 amide bonds. The fraction of sp³-hybridized carbons (Fsp3) is 0.308. The molecule has 0 aromatic carbocycles. The first kappa shape index (κ1) is 14.0. The summed E-state index contributed by atoms with van der Waals surface area (Å²) in [6.07, 6.45) is 0.731. The number of carbonyl (C=O) groups is 5. The lowest BCUT2D eigenvalue weighted by Gasteiger charge is -2.19. The van der Waals surface area contributed by atoms with Crippen LogP contribution in [-0.2, 0) is 19.2 Å². The van der Waals surface area contributed by atoms with Crippen LogP contribution in [0.3, 0.4) is 0 Å². The van der Waals surface area contributed by atoms with Gasteiger partial charge in [0.2, 0.25) is 29.4 Å². The number of anilines is 2. The lowest BCUT2D eigenvalue weighted by molar-refractivity contribution is -0.123. The van der Waals surface area contributed by atoms with Crippen molar-refractivity contribution in [3.63, 3.8) is 0 Å². The summed E-state index contributed by atoms with van der Waals surface area (Å²) >= 11 is 0. The molecule has 2 aliphatic rings. The van der Waals surface area contributed by atoms with Gasteiger partial charge in [-0.3, -0.25) is 19.2 Å². The molecule has 2 fully saturated rings. The van der Waals surface area contributed by atoms with E-state index in [1.807, 2.05) is 0 Å². The fourth-order valence-electron chi connectivity index (χ4n) is 2.54. The molecule has 0 spiro atoms. The molecule has 114 valence electrons. The van der Waals surface area contributed by atoms with E-state index in [1.165, 1.54) is 0 Å². The van der Waals surface area contributed by atoms with Crippen molar-refractivity contribution in [1.82, 2.24) is 0 Å². The Morgan fingerprint density at radius 3 is 1.82 bits per heavy atom. The minimum absolute atomic E-state index is 0.0201. The number of furan rings is 1. The molecule has 3 rings (SSSR count). The lowest BCUT2D eigenvalue weighted by Crippen LogP contribution is -2.34. The fourth-order valence-corrected chi connectivity index (χ4v) is 2.54. The minimum atomic E-state index is -1.51. The molecule has 1 aromatic heterocycles. The van der Waals surface area contributed by atoms with Gasteiger partial charge in [0.15, 0.2) is 0 Å². The molecule has 9 nitrogen and oxygen atoms in total. The second kappa shape index (κ2) is 4.79. The summed E-state index contributed by atoms with van der Waals surface area (Å²) in [4.78, 5) is 60.1. The van der Waals surface area contributed by atoms with E-state index in [4.69, 9.17) is 9.52 Å². The van der Waals surface area contributed by atoms with Crippen LogP contribution in [-0.4, -0.2) is 34.7 Å². The summed E-state index contributed by atoms with van der Waals surface area (Å²) in [6, 6.07) is 0. The van der Waals surface area contributed by atoms with Crippen LogP contribution in [0.2, 0.25) is 0 Å². The number of imide groups is 2. The molecule has 0 unspecified atom stereocenters. The minimum Gasteiger partial charge on any atom is -0.475 e. The van der Waals surface area contributed by atoms with Gasteiger partial charge in [-0.15, -0.1) is 0 Å². The number of rotatable bonds is 3. The van der Waals surface area contributed by atoms with Gasteiger partial charge in [-0.1, -0.05) is 0 Å². The molecular weight excluding hydrogens is 296 g/mol. The molecule has 2 aliphatic heterocycles. The Hall–Kier alpha value is -2.97. The maximum absolute atomic E-state index is 11.9. The van der Waals surface area contributed by atoms with Crippen molar-refractivity contribution in [2.24, 2.45) is 0 Å². The molecule has 1 N–H and O–H groups in total. The van der Waals surface area contributed by atoms with Gasteiger partial charge in [0.25, 0.3) is 0 Å². The van der Waals surface area contributed by atoms with E-state index in [2.05, 4.69) is 0 Å². The van der Waals surface area contributed by atoms with Gasteiger partial charge < -0.3 is 9.52 Å². The van der Waals surface area contributed by atoms with Crippen LogP contribution in [0.15, 0.2) is 10.7 Å². The summed E-state index contributed by atoms with van der Waals surface area (Å²) in [7, 11) is 0. The van der Waals surface area contributed by atoms with Gasteiger partial charge in [-0.25, -0.2) is 14.6 Å². The smallest absolute Gasteiger partial charge is 0.374 e. The predicted molar refractivity (Wildman–Crippen MR) is 69.1 cm³/mol. The van der Waals surface area contributed by atoms with Crippen LogP contribution in [0.5, 0.6) is 0 Å². The molecule has 0 atom stereocenters. The van der Waals surface area contributed by atoms with E-state index in [9.17, 15) is 24.0 Å². The van der Waals surface area contributed by atoms with E-state index in [1.54, 1.807) is 0 Å². The maximum Gasteiger partial charge on any atom is 0.374 e. The number of hydrogen-bond donors (Lipinski definition) is 1. The molecule has 0 saturated carbocycles. The second-order valence-electron chi connectivity index (χ2n) is 4.85. The molecule has 0 radical (unpaired) electrons. The molecule has 0 aliphatic carbocycles. The number of carboxylic acid groups (broad SMARTS) is 1. The van der Waals surface area contributed by atoms with E-state index in [0.717, 1.165) is 11.2 Å². The van der Waals surface area contributed by atoms with Crippen LogP contribution >= 0.6 is 0 Å². The zero-order valence-corrected chi connectivity index (χ0v) is 11.2. The van der Waals surface area contributed by atoms with Gasteiger partial charge in [-0.05, 0) is 0 Å². The van der Waals surface area contributed by atoms with Gasteiger partial charge in [0, 0.05) is 25.7 Å². The molecular formula is C13H10N2O7. The van der Waals surface area contributed by atoms with Crippen molar-refractivity contribution in [1.29, 1.82) is 0 Å². The Morgan fingerprint density at radius 2 is 1.36 bits per heavy atom. The maximum atomic E-state index is 11.9. The van der Waals surface area contributed by atoms with E-state index in [0.29, 0.717) is 4.90 Å². The van der Waals surface area contributed by atoms with Gasteiger partial charge in [0.05, 0.1) is 0 Å². The summed E-state index contributed by atoms with van der Waals surface area (Å²) in [6.45, 7) is 0. The highest BCUT2D eigenvalue weighted by atomic mass is 16.4. The predicted octanol–water partition coefficient (Wildman–Crippen LogP) is 0.285. The van der Waals surface area contributed by atoms with E-state index < -0.39 is 35.4 Å². The van der Waals surface area contributed by atoms with E-state index >= 15 is 0 Å². The zero-order chi connectivity index (χ0) is 16.0. The molecule has 1 aromatic rings. The first-order chi connectivity index (χ1) is 10.4. The Kier molecular flexibility index (Phi) is 3.05. The van der Waals surface area contributed by atoms with Gasteiger partial charge >= 0.3 is 5.97 Å². The quantitative estimate of drug-likeness (QED) is 0.795. The highest BCUT2D eigenvalue weighted by molar-refractivity contribution is 6.27. The van der Waals surface area contributed by atoms with Crippen molar-refractivity contribution in [2.75, 3.05) is 9.80 Å². The van der Waals surface area contributed by atoms with Crippen molar-refractivity contribution in [3.8, 4) is 0 Å². The van der Waals surface area contributed by atoms with Crippen molar-refractivity contribution < 1.29 is 33.5 Å². The van der Waals surface area contributed by atoms with Gasteiger partial charge in [0.1, 0.15) is 17.6 Å². The number of amides is 4. The van der Waals surface area contributed by atoms with Gasteiger partial charge in [-0.2, -0.15) is 0 Å². The van der Waals surface area contributed by atoms with Crippen LogP contribution in [0.25, 0.3) is 0 Å². The Balaban J connectivity index is 2.18. The Labute approximate surface area is 123 Å². The van der Waals surface area contributed by atoms with Crippen LogP contribution < -0.4 is 9.80 Å². The number of hydrogen-bond acceptors (Lipinski definition) is 6. The second-order valence-corrected chi connectivity index (χ2v) is 4.85. The highest BCUT2D eigenvalue weighted by Gasteiger charge is 2.42. The average Bonchev–Trinajstić information content (AvgIpc) is 3.09. The molecule has 2 saturated heterocycles. The third kappa shape index (κ3) is 1.90. The summed E-state index contributed by atoms with van der Waals surface area (Å²) in [5.41, 5.74) is -0.544. The largest absolute Gasteiger partial charge is 0.475 e. The number of aromatic carboxylic acids is 1. The number of nitrogens with zero attached hydrogens (tertiary/aromatic N) is 2. The van der Waals surface area contributed by atoms with Crippen molar-refractivity contribution >= 4 is 41.0 Å². The number of carboxylic acids is 1.